The fourth-order valence-electron chi connectivity index (χ4n) is 3.19. The summed E-state index contributed by atoms with van der Waals surface area (Å²) in [5, 5.41) is 0. The number of aromatic amines is 1. The highest BCUT2D eigenvalue weighted by Gasteiger charge is 2.29. The van der Waals surface area contributed by atoms with Gasteiger partial charge in [-0.2, -0.15) is 4.31 Å². The summed E-state index contributed by atoms with van der Waals surface area (Å²) < 4.78 is 27.7. The third-order valence-corrected chi connectivity index (χ3v) is 7.40. The minimum atomic E-state index is -3.66. The van der Waals surface area contributed by atoms with E-state index in [9.17, 15) is 13.2 Å². The summed E-state index contributed by atoms with van der Waals surface area (Å²) in [4.78, 5) is 19.2. The summed E-state index contributed by atoms with van der Waals surface area (Å²) in [6, 6.07) is 3.35. The van der Waals surface area contributed by atoms with Crippen LogP contribution < -0.4 is 11.3 Å². The largest absolute Gasteiger partial charge is 0.369 e. The van der Waals surface area contributed by atoms with Crippen molar-refractivity contribution >= 4 is 31.9 Å². The molecule has 25 heavy (non-hydrogen) atoms. The maximum absolute atomic E-state index is 12.9. The Kier molecular flexibility index (Phi) is 4.74. The van der Waals surface area contributed by atoms with Crippen LogP contribution in [0.5, 0.6) is 0 Å². The third-order valence-electron chi connectivity index (χ3n) is 4.39. The lowest BCUT2D eigenvalue weighted by molar-refractivity contribution is 0.445. The Morgan fingerprint density at radius 3 is 2.60 bits per heavy atom. The molecule has 0 unspecified atom stereocenters. The number of nitrogen functional groups attached to an aromatic ring is 1. The van der Waals surface area contributed by atoms with E-state index in [0.717, 1.165) is 5.56 Å². The van der Waals surface area contributed by atoms with Gasteiger partial charge < -0.3 is 5.73 Å². The second kappa shape index (κ2) is 6.54. The Morgan fingerprint density at radius 2 is 1.96 bits per heavy atom. The van der Waals surface area contributed by atoms with E-state index in [1.807, 2.05) is 0 Å². The van der Waals surface area contributed by atoms with Gasteiger partial charge in [0.25, 0.3) is 5.56 Å². The van der Waals surface area contributed by atoms with E-state index in [2.05, 4.69) is 25.9 Å². The zero-order chi connectivity index (χ0) is 18.4. The molecule has 3 N–H and O–H groups in total. The number of hydrogen-bond acceptors (Lipinski definition) is 5. The number of benzene rings is 1. The van der Waals surface area contributed by atoms with E-state index in [-0.39, 0.29) is 16.4 Å². The standard InChI is InChI=1S/C16H19BrN4O3S/c1-3-21(4-2)25(23,24)13-8-10-9(7-11(13)17)5-6-12-14(10)15(22)20-16(18)19-12/h7-8H,3-6H2,1-2H3,(H3,18,19,20,22). The molecule has 0 atom stereocenters. The van der Waals surface area contributed by atoms with Gasteiger partial charge in [0.05, 0.1) is 16.2 Å². The number of anilines is 1. The number of nitrogens with one attached hydrogen (secondary N) is 1. The van der Waals surface area contributed by atoms with Gasteiger partial charge in [-0.25, -0.2) is 13.4 Å². The van der Waals surface area contributed by atoms with Gasteiger partial charge in [0.15, 0.2) is 0 Å². The Balaban J connectivity index is 2.27. The van der Waals surface area contributed by atoms with Crippen molar-refractivity contribution in [2.45, 2.75) is 31.6 Å². The topological polar surface area (TPSA) is 109 Å². The van der Waals surface area contributed by atoms with Crippen LogP contribution in [-0.2, 0) is 22.9 Å². The number of nitrogens with zero attached hydrogens (tertiary/aromatic N) is 2. The lowest BCUT2D eigenvalue weighted by Gasteiger charge is -2.23. The maximum Gasteiger partial charge on any atom is 0.260 e. The van der Waals surface area contributed by atoms with Crippen LogP contribution in [0.15, 0.2) is 26.3 Å². The van der Waals surface area contributed by atoms with Crippen molar-refractivity contribution in [2.24, 2.45) is 0 Å². The Morgan fingerprint density at radius 1 is 1.28 bits per heavy atom. The predicted octanol–water partition coefficient (Wildman–Crippen LogP) is 1.91. The van der Waals surface area contributed by atoms with Crippen LogP contribution in [0.1, 0.15) is 25.1 Å². The van der Waals surface area contributed by atoms with Crippen LogP contribution in [0.4, 0.5) is 5.95 Å². The minimum Gasteiger partial charge on any atom is -0.369 e. The molecule has 1 aliphatic carbocycles. The molecule has 9 heteroatoms. The number of rotatable bonds is 4. The van der Waals surface area contributed by atoms with Crippen LogP contribution >= 0.6 is 15.9 Å². The van der Waals surface area contributed by atoms with Gasteiger partial charge in [-0.3, -0.25) is 9.78 Å². The molecule has 1 aromatic carbocycles. The monoisotopic (exact) mass is 426 g/mol. The maximum atomic E-state index is 12.9. The van der Waals surface area contributed by atoms with Gasteiger partial charge in [-0.15, -0.1) is 0 Å². The molecule has 1 heterocycles. The van der Waals surface area contributed by atoms with Crippen molar-refractivity contribution in [1.82, 2.24) is 14.3 Å². The van der Waals surface area contributed by atoms with E-state index in [4.69, 9.17) is 5.73 Å². The van der Waals surface area contributed by atoms with Crippen molar-refractivity contribution < 1.29 is 8.42 Å². The molecule has 0 spiro atoms. The molecule has 0 saturated carbocycles. The third kappa shape index (κ3) is 3.00. The van der Waals surface area contributed by atoms with Gasteiger partial charge in [0.2, 0.25) is 16.0 Å². The molecule has 1 aliphatic rings. The molecular formula is C16H19BrN4O3S. The summed E-state index contributed by atoms with van der Waals surface area (Å²) in [6.45, 7) is 4.33. The van der Waals surface area contributed by atoms with Crippen molar-refractivity contribution in [1.29, 1.82) is 0 Å². The summed E-state index contributed by atoms with van der Waals surface area (Å²) >= 11 is 3.38. The first-order valence-electron chi connectivity index (χ1n) is 8.01. The zero-order valence-electron chi connectivity index (χ0n) is 14.0. The Hall–Kier alpha value is -1.71. The highest BCUT2D eigenvalue weighted by molar-refractivity contribution is 9.10. The second-order valence-electron chi connectivity index (χ2n) is 5.80. The first-order valence-corrected chi connectivity index (χ1v) is 10.2. The van der Waals surface area contributed by atoms with E-state index in [1.54, 1.807) is 26.0 Å². The predicted molar refractivity (Wildman–Crippen MR) is 99.9 cm³/mol. The number of fused-ring (bicyclic) bond motifs is 3. The molecule has 134 valence electrons. The fourth-order valence-corrected chi connectivity index (χ4v) is 5.72. The van der Waals surface area contributed by atoms with Crippen molar-refractivity contribution in [3.63, 3.8) is 0 Å². The van der Waals surface area contributed by atoms with Crippen LogP contribution in [-0.4, -0.2) is 35.8 Å². The number of aryl methyl sites for hydroxylation is 2. The second-order valence-corrected chi connectivity index (χ2v) is 8.56. The van der Waals surface area contributed by atoms with Gasteiger partial charge in [0.1, 0.15) is 0 Å². The SMILES string of the molecule is CCN(CC)S(=O)(=O)c1cc2c(cc1Br)CCc1nc(N)[nH]c(=O)c1-2. The minimum absolute atomic E-state index is 0.0697. The molecule has 0 saturated heterocycles. The smallest absolute Gasteiger partial charge is 0.260 e. The molecule has 1 aromatic heterocycles. The van der Waals surface area contributed by atoms with Crippen LogP contribution in [0.25, 0.3) is 11.1 Å². The normalized spacial score (nSPS) is 13.6. The Labute approximate surface area is 154 Å². The van der Waals surface area contributed by atoms with Gasteiger partial charge in [-0.05, 0) is 52.0 Å². The number of aromatic nitrogens is 2. The highest BCUT2D eigenvalue weighted by Crippen LogP contribution is 2.36. The van der Waals surface area contributed by atoms with Crippen molar-refractivity contribution in [3.8, 4) is 11.1 Å². The molecule has 0 radical (unpaired) electrons. The van der Waals surface area contributed by atoms with Crippen LogP contribution in [0.3, 0.4) is 0 Å². The molecule has 0 bridgehead atoms. The molecule has 0 aliphatic heterocycles. The fraction of sp³-hybridized carbons (Fsp3) is 0.375. The van der Waals surface area contributed by atoms with E-state index in [0.29, 0.717) is 47.2 Å². The first kappa shape index (κ1) is 18.1. The quantitative estimate of drug-likeness (QED) is 0.775. The van der Waals surface area contributed by atoms with Gasteiger partial charge in [-0.1, -0.05) is 13.8 Å². The summed E-state index contributed by atoms with van der Waals surface area (Å²) in [5.74, 6) is 0.0697. The highest BCUT2D eigenvalue weighted by atomic mass is 79.9. The molecule has 2 aromatic rings. The summed E-state index contributed by atoms with van der Waals surface area (Å²) in [6.07, 6.45) is 1.26. The average molecular weight is 427 g/mol. The van der Waals surface area contributed by atoms with Crippen molar-refractivity contribution in [2.75, 3.05) is 18.8 Å². The number of halogens is 1. The molecular weight excluding hydrogens is 408 g/mol. The number of hydrogen-bond donors (Lipinski definition) is 2. The molecule has 0 fully saturated rings. The van der Waals surface area contributed by atoms with E-state index >= 15 is 0 Å². The Bertz CT molecular complexity index is 997. The molecule has 3 rings (SSSR count). The van der Waals surface area contributed by atoms with Gasteiger partial charge in [0, 0.05) is 17.6 Å². The van der Waals surface area contributed by atoms with E-state index in [1.165, 1.54) is 4.31 Å². The summed E-state index contributed by atoms with van der Waals surface area (Å²) in [7, 11) is -3.66. The molecule has 7 nitrogen and oxygen atoms in total. The average Bonchev–Trinajstić information content (AvgIpc) is 2.54. The lowest BCUT2D eigenvalue weighted by atomic mass is 9.89. The number of sulfonamides is 1. The van der Waals surface area contributed by atoms with Crippen molar-refractivity contribution in [3.05, 3.63) is 38.2 Å². The first-order chi connectivity index (χ1) is 11.8. The van der Waals surface area contributed by atoms with Crippen LogP contribution in [0, 0.1) is 0 Å². The molecule has 0 amide bonds. The number of nitrogens with two attached hydrogens (primary N) is 1. The summed E-state index contributed by atoms with van der Waals surface area (Å²) in [5.41, 5.74) is 7.79. The lowest BCUT2D eigenvalue weighted by Crippen LogP contribution is -2.31. The number of H-pyrrole nitrogens is 1. The zero-order valence-corrected chi connectivity index (χ0v) is 16.4. The van der Waals surface area contributed by atoms with E-state index < -0.39 is 10.0 Å². The van der Waals surface area contributed by atoms with Crippen LogP contribution in [0.2, 0.25) is 0 Å². The van der Waals surface area contributed by atoms with Gasteiger partial charge >= 0.3 is 0 Å².